The second-order valence-corrected chi connectivity index (χ2v) is 5.21. The number of fused-ring (bicyclic) bond motifs is 1. The topological polar surface area (TPSA) is 52.2 Å². The molecule has 0 saturated carbocycles. The summed E-state index contributed by atoms with van der Waals surface area (Å²) >= 11 is 0. The molecule has 114 valence electrons. The van der Waals surface area contributed by atoms with E-state index < -0.39 is 0 Å². The van der Waals surface area contributed by atoms with Gasteiger partial charge in [-0.2, -0.15) is 0 Å². The van der Waals surface area contributed by atoms with E-state index in [9.17, 15) is 0 Å². The van der Waals surface area contributed by atoms with Gasteiger partial charge in [-0.25, -0.2) is 0 Å². The van der Waals surface area contributed by atoms with Crippen LogP contribution in [-0.2, 0) is 6.42 Å². The van der Waals surface area contributed by atoms with Gasteiger partial charge in [0.05, 0.1) is 0 Å². The number of nitrogens with one attached hydrogen (secondary N) is 3. The van der Waals surface area contributed by atoms with Crippen LogP contribution in [0.3, 0.4) is 0 Å². The van der Waals surface area contributed by atoms with E-state index in [1.165, 1.54) is 22.2 Å². The molecule has 3 N–H and O–H groups in total. The van der Waals surface area contributed by atoms with Crippen molar-refractivity contribution in [1.29, 1.82) is 0 Å². The van der Waals surface area contributed by atoms with Gasteiger partial charge in [0.25, 0.3) is 0 Å². The maximum Gasteiger partial charge on any atom is 0.191 e. The lowest BCUT2D eigenvalue weighted by Gasteiger charge is -2.11. The van der Waals surface area contributed by atoms with E-state index in [2.05, 4.69) is 65.6 Å². The van der Waals surface area contributed by atoms with Crippen molar-refractivity contribution in [2.75, 3.05) is 19.6 Å². The normalized spacial score (nSPS) is 11.9. The molecule has 0 unspecified atom stereocenters. The molecule has 0 atom stereocenters. The van der Waals surface area contributed by atoms with Crippen molar-refractivity contribution in [2.24, 2.45) is 4.99 Å². The summed E-state index contributed by atoms with van der Waals surface area (Å²) in [6, 6.07) is 8.48. The molecule has 4 nitrogen and oxygen atoms in total. The first kappa shape index (κ1) is 15.4. The van der Waals surface area contributed by atoms with Crippen molar-refractivity contribution in [3.05, 3.63) is 35.5 Å². The minimum absolute atomic E-state index is 0.863. The van der Waals surface area contributed by atoms with Crippen LogP contribution in [0.5, 0.6) is 0 Å². The third kappa shape index (κ3) is 4.00. The number of para-hydroxylation sites is 1. The third-order valence-corrected chi connectivity index (χ3v) is 3.53. The minimum atomic E-state index is 0.863. The average molecular weight is 286 g/mol. The number of H-pyrrole nitrogens is 1. The van der Waals surface area contributed by atoms with E-state index >= 15 is 0 Å². The molecule has 1 aromatic carbocycles. The van der Waals surface area contributed by atoms with Crippen LogP contribution in [0.15, 0.2) is 29.3 Å². The maximum absolute atomic E-state index is 4.52. The Bertz CT molecular complexity index is 598. The first-order valence-corrected chi connectivity index (χ1v) is 7.84. The van der Waals surface area contributed by atoms with Crippen molar-refractivity contribution in [3.8, 4) is 0 Å². The molecule has 0 aliphatic rings. The monoisotopic (exact) mass is 286 g/mol. The molecule has 0 fully saturated rings. The quantitative estimate of drug-likeness (QED) is 0.565. The standard InChI is InChI=1S/C17H26N4/c1-4-11-19-17(18-5-2)20-12-10-14-13(3)21-16-9-7-6-8-15(14)16/h6-9,21H,4-5,10-12H2,1-3H3,(H2,18,19,20). The van der Waals surface area contributed by atoms with Crippen molar-refractivity contribution in [2.45, 2.75) is 33.6 Å². The van der Waals surface area contributed by atoms with Crippen molar-refractivity contribution in [3.63, 3.8) is 0 Å². The van der Waals surface area contributed by atoms with Crippen LogP contribution < -0.4 is 10.6 Å². The van der Waals surface area contributed by atoms with E-state index in [1.807, 2.05) is 0 Å². The highest BCUT2D eigenvalue weighted by molar-refractivity contribution is 5.84. The lowest BCUT2D eigenvalue weighted by molar-refractivity contribution is 0.793. The summed E-state index contributed by atoms with van der Waals surface area (Å²) in [5, 5.41) is 8.02. The van der Waals surface area contributed by atoms with E-state index in [-0.39, 0.29) is 0 Å². The molecule has 2 aromatic rings. The molecule has 0 radical (unpaired) electrons. The van der Waals surface area contributed by atoms with Crippen LogP contribution in [0, 0.1) is 6.92 Å². The van der Waals surface area contributed by atoms with E-state index in [0.717, 1.165) is 38.4 Å². The summed E-state index contributed by atoms with van der Waals surface area (Å²) in [6.07, 6.45) is 2.06. The highest BCUT2D eigenvalue weighted by atomic mass is 15.2. The van der Waals surface area contributed by atoms with Gasteiger partial charge in [-0.05, 0) is 38.3 Å². The molecule has 0 saturated heterocycles. The zero-order valence-corrected chi connectivity index (χ0v) is 13.3. The number of hydrogen-bond acceptors (Lipinski definition) is 1. The van der Waals surface area contributed by atoms with Crippen LogP contribution in [-0.4, -0.2) is 30.6 Å². The van der Waals surface area contributed by atoms with Crippen LogP contribution in [0.1, 0.15) is 31.5 Å². The summed E-state index contributed by atoms with van der Waals surface area (Å²) in [5.74, 6) is 0.914. The average Bonchev–Trinajstić information content (AvgIpc) is 2.81. The summed E-state index contributed by atoms with van der Waals surface area (Å²) in [6.45, 7) is 9.02. The number of hydrogen-bond donors (Lipinski definition) is 3. The van der Waals surface area contributed by atoms with Gasteiger partial charge in [-0.3, -0.25) is 4.99 Å². The Morgan fingerprint density at radius 1 is 1.19 bits per heavy atom. The SMILES string of the molecule is CCCN=C(NCC)NCCc1c(C)[nH]c2ccccc12. The van der Waals surface area contributed by atoms with Gasteiger partial charge >= 0.3 is 0 Å². The highest BCUT2D eigenvalue weighted by Gasteiger charge is 2.07. The molecule has 0 spiro atoms. The minimum Gasteiger partial charge on any atom is -0.358 e. The molecule has 0 bridgehead atoms. The number of guanidine groups is 1. The van der Waals surface area contributed by atoms with Gasteiger partial charge in [0, 0.05) is 36.2 Å². The number of benzene rings is 1. The van der Waals surface area contributed by atoms with Crippen molar-refractivity contribution in [1.82, 2.24) is 15.6 Å². The van der Waals surface area contributed by atoms with Gasteiger partial charge in [-0.15, -0.1) is 0 Å². The Hall–Kier alpha value is -1.97. The molecule has 1 aromatic heterocycles. The molecule has 21 heavy (non-hydrogen) atoms. The first-order chi connectivity index (χ1) is 10.3. The molecular weight excluding hydrogens is 260 g/mol. The molecule has 0 aliphatic carbocycles. The Morgan fingerprint density at radius 3 is 2.76 bits per heavy atom. The van der Waals surface area contributed by atoms with Gasteiger partial charge in [0.1, 0.15) is 0 Å². The molecule has 4 heteroatoms. The van der Waals surface area contributed by atoms with Crippen molar-refractivity contribution < 1.29 is 0 Å². The number of aliphatic imine (C=N–C) groups is 1. The van der Waals surface area contributed by atoms with Crippen LogP contribution in [0.25, 0.3) is 10.9 Å². The fourth-order valence-corrected chi connectivity index (χ4v) is 2.53. The van der Waals surface area contributed by atoms with Gasteiger partial charge in [0.15, 0.2) is 5.96 Å². The number of nitrogens with zero attached hydrogens (tertiary/aromatic N) is 1. The van der Waals surface area contributed by atoms with Crippen LogP contribution in [0.4, 0.5) is 0 Å². The fourth-order valence-electron chi connectivity index (χ4n) is 2.53. The highest BCUT2D eigenvalue weighted by Crippen LogP contribution is 2.21. The molecular formula is C17H26N4. The van der Waals surface area contributed by atoms with Crippen LogP contribution in [0.2, 0.25) is 0 Å². The summed E-state index contributed by atoms with van der Waals surface area (Å²) < 4.78 is 0. The fraction of sp³-hybridized carbons (Fsp3) is 0.471. The second-order valence-electron chi connectivity index (χ2n) is 5.21. The number of aromatic nitrogens is 1. The van der Waals surface area contributed by atoms with E-state index in [1.54, 1.807) is 0 Å². The lowest BCUT2D eigenvalue weighted by Crippen LogP contribution is -2.38. The number of rotatable bonds is 6. The van der Waals surface area contributed by atoms with Gasteiger partial charge in [0.2, 0.25) is 0 Å². The zero-order chi connectivity index (χ0) is 15.1. The Labute approximate surface area is 127 Å². The summed E-state index contributed by atoms with van der Waals surface area (Å²) in [7, 11) is 0. The first-order valence-electron chi connectivity index (χ1n) is 7.84. The Kier molecular flexibility index (Phi) is 5.67. The zero-order valence-electron chi connectivity index (χ0n) is 13.3. The number of aryl methyl sites for hydroxylation is 1. The molecule has 2 rings (SSSR count). The third-order valence-electron chi connectivity index (χ3n) is 3.53. The van der Waals surface area contributed by atoms with Gasteiger partial charge < -0.3 is 15.6 Å². The van der Waals surface area contributed by atoms with Crippen LogP contribution >= 0.6 is 0 Å². The van der Waals surface area contributed by atoms with E-state index in [4.69, 9.17) is 0 Å². The van der Waals surface area contributed by atoms with Gasteiger partial charge in [-0.1, -0.05) is 25.1 Å². The van der Waals surface area contributed by atoms with E-state index in [0.29, 0.717) is 0 Å². The predicted molar refractivity (Wildman–Crippen MR) is 91.0 cm³/mol. The number of aromatic amines is 1. The smallest absolute Gasteiger partial charge is 0.191 e. The second kappa shape index (κ2) is 7.72. The Morgan fingerprint density at radius 2 is 2.00 bits per heavy atom. The van der Waals surface area contributed by atoms with Crippen molar-refractivity contribution >= 4 is 16.9 Å². The molecule has 0 aliphatic heterocycles. The largest absolute Gasteiger partial charge is 0.358 e. The lowest BCUT2D eigenvalue weighted by atomic mass is 10.1. The maximum atomic E-state index is 4.52. The Balaban J connectivity index is 1.99. The summed E-state index contributed by atoms with van der Waals surface area (Å²) in [4.78, 5) is 7.97. The molecule has 0 amide bonds. The molecule has 1 heterocycles. The predicted octanol–water partition coefficient (Wildman–Crippen LogP) is 2.98. The summed E-state index contributed by atoms with van der Waals surface area (Å²) in [5.41, 5.74) is 3.87.